The van der Waals surface area contributed by atoms with Crippen molar-refractivity contribution in [2.45, 2.75) is 12.8 Å². The minimum absolute atomic E-state index is 0.0419. The van der Waals surface area contributed by atoms with Crippen molar-refractivity contribution in [3.05, 3.63) is 70.3 Å². The maximum absolute atomic E-state index is 12.3. The Labute approximate surface area is 177 Å². The first-order valence-corrected chi connectivity index (χ1v) is 10.5. The van der Waals surface area contributed by atoms with E-state index in [1.807, 2.05) is 54.0 Å². The third kappa shape index (κ3) is 4.44. The van der Waals surface area contributed by atoms with Crippen molar-refractivity contribution in [2.24, 2.45) is 0 Å². The van der Waals surface area contributed by atoms with Gasteiger partial charge in [-0.25, -0.2) is 4.98 Å². The standard InChI is InChI=1S/C22H20ClN3O2S/c1-28-20-5-3-2-4-17(20)22-26-16(13-29-22)11-21(27)24-9-8-14-12-25-19-7-6-15(23)10-18(14)19/h2-7,10,12-13,25H,8-9,11H2,1H3,(H,24,27). The van der Waals surface area contributed by atoms with E-state index in [1.165, 1.54) is 11.3 Å². The molecule has 0 aliphatic heterocycles. The first-order valence-electron chi connectivity index (χ1n) is 9.24. The molecule has 0 aliphatic rings. The number of aromatic nitrogens is 2. The number of halogens is 1. The fraction of sp³-hybridized carbons (Fsp3) is 0.182. The number of rotatable bonds is 7. The Kier molecular flexibility index (Phi) is 5.83. The minimum Gasteiger partial charge on any atom is -0.496 e. The molecule has 1 amide bonds. The smallest absolute Gasteiger partial charge is 0.226 e. The van der Waals surface area contributed by atoms with Gasteiger partial charge in [0, 0.05) is 34.0 Å². The van der Waals surface area contributed by atoms with Crippen LogP contribution >= 0.6 is 22.9 Å². The maximum Gasteiger partial charge on any atom is 0.226 e. The fourth-order valence-corrected chi connectivity index (χ4v) is 4.28. The second-order valence-corrected chi connectivity index (χ2v) is 7.92. The predicted octanol–water partition coefficient (Wildman–Crippen LogP) is 4.85. The number of nitrogens with zero attached hydrogens (tertiary/aromatic N) is 1. The molecule has 29 heavy (non-hydrogen) atoms. The summed E-state index contributed by atoms with van der Waals surface area (Å²) in [7, 11) is 1.64. The number of thiazole rings is 1. The van der Waals surface area contributed by atoms with Gasteiger partial charge in [0.15, 0.2) is 0 Å². The molecule has 0 saturated heterocycles. The van der Waals surface area contributed by atoms with E-state index in [1.54, 1.807) is 7.11 Å². The molecule has 0 bridgehead atoms. The highest BCUT2D eigenvalue weighted by Gasteiger charge is 2.12. The Morgan fingerprint density at radius 2 is 2.14 bits per heavy atom. The van der Waals surface area contributed by atoms with Crippen LogP contribution in [-0.4, -0.2) is 29.5 Å². The van der Waals surface area contributed by atoms with Crippen LogP contribution in [-0.2, 0) is 17.6 Å². The van der Waals surface area contributed by atoms with Crippen LogP contribution in [0.4, 0.5) is 0 Å². The summed E-state index contributed by atoms with van der Waals surface area (Å²) in [5, 5.41) is 7.54. The van der Waals surface area contributed by atoms with Crippen molar-refractivity contribution in [1.29, 1.82) is 0 Å². The SMILES string of the molecule is COc1ccccc1-c1nc(CC(=O)NCCc2c[nH]c3ccc(Cl)cc23)cs1. The molecule has 0 saturated carbocycles. The summed E-state index contributed by atoms with van der Waals surface area (Å²) in [6.45, 7) is 0.557. The lowest BCUT2D eigenvalue weighted by Crippen LogP contribution is -2.27. The number of H-pyrrole nitrogens is 1. The van der Waals surface area contributed by atoms with Crippen LogP contribution < -0.4 is 10.1 Å². The zero-order valence-electron chi connectivity index (χ0n) is 15.9. The number of methoxy groups -OCH3 is 1. The number of benzene rings is 2. The van der Waals surface area contributed by atoms with Gasteiger partial charge in [0.25, 0.3) is 0 Å². The molecule has 0 atom stereocenters. The maximum atomic E-state index is 12.3. The lowest BCUT2D eigenvalue weighted by molar-refractivity contribution is -0.120. The molecular weight excluding hydrogens is 406 g/mol. The van der Waals surface area contributed by atoms with E-state index in [2.05, 4.69) is 15.3 Å². The van der Waals surface area contributed by atoms with Gasteiger partial charge in [0.2, 0.25) is 5.91 Å². The van der Waals surface area contributed by atoms with E-state index in [4.69, 9.17) is 16.3 Å². The molecule has 0 spiro atoms. The van der Waals surface area contributed by atoms with E-state index in [9.17, 15) is 4.79 Å². The van der Waals surface area contributed by atoms with Gasteiger partial charge >= 0.3 is 0 Å². The number of hydrogen-bond acceptors (Lipinski definition) is 4. The summed E-state index contributed by atoms with van der Waals surface area (Å²) >= 11 is 7.60. The topological polar surface area (TPSA) is 67.0 Å². The van der Waals surface area contributed by atoms with Crippen molar-refractivity contribution in [3.63, 3.8) is 0 Å². The number of hydrogen-bond donors (Lipinski definition) is 2. The van der Waals surface area contributed by atoms with Gasteiger partial charge in [0.1, 0.15) is 10.8 Å². The van der Waals surface area contributed by atoms with Gasteiger partial charge in [-0.05, 0) is 42.3 Å². The zero-order valence-corrected chi connectivity index (χ0v) is 17.4. The molecule has 0 aliphatic carbocycles. The second kappa shape index (κ2) is 8.68. The largest absolute Gasteiger partial charge is 0.496 e. The van der Waals surface area contributed by atoms with Gasteiger partial charge in [-0.15, -0.1) is 11.3 Å². The number of nitrogens with one attached hydrogen (secondary N) is 2. The summed E-state index contributed by atoms with van der Waals surface area (Å²) in [5.74, 6) is 0.733. The third-order valence-electron chi connectivity index (χ3n) is 4.68. The average Bonchev–Trinajstić information content (AvgIpc) is 3.35. The van der Waals surface area contributed by atoms with Crippen LogP contribution in [0.5, 0.6) is 5.75 Å². The molecule has 2 N–H and O–H groups in total. The Morgan fingerprint density at radius 3 is 3.00 bits per heavy atom. The van der Waals surface area contributed by atoms with Gasteiger partial charge in [0.05, 0.1) is 24.8 Å². The number of amides is 1. The number of fused-ring (bicyclic) bond motifs is 1. The third-order valence-corrected chi connectivity index (χ3v) is 5.84. The van der Waals surface area contributed by atoms with Crippen molar-refractivity contribution >= 4 is 39.7 Å². The van der Waals surface area contributed by atoms with Crippen molar-refractivity contribution < 1.29 is 9.53 Å². The molecule has 2 heterocycles. The Hall–Kier alpha value is -2.83. The summed E-state index contributed by atoms with van der Waals surface area (Å²) in [6.07, 6.45) is 2.95. The van der Waals surface area contributed by atoms with Crippen molar-refractivity contribution in [3.8, 4) is 16.3 Å². The molecule has 148 valence electrons. The molecule has 0 unspecified atom stereocenters. The van der Waals surface area contributed by atoms with Crippen LogP contribution in [0, 0.1) is 0 Å². The number of carbonyl (C=O) groups is 1. The van der Waals surface area contributed by atoms with E-state index in [0.29, 0.717) is 11.6 Å². The lowest BCUT2D eigenvalue weighted by atomic mass is 10.1. The van der Waals surface area contributed by atoms with Crippen LogP contribution in [0.1, 0.15) is 11.3 Å². The van der Waals surface area contributed by atoms with E-state index in [-0.39, 0.29) is 12.3 Å². The number of ether oxygens (including phenoxy) is 1. The van der Waals surface area contributed by atoms with Crippen LogP contribution in [0.3, 0.4) is 0 Å². The van der Waals surface area contributed by atoms with Crippen LogP contribution in [0.2, 0.25) is 5.02 Å². The molecule has 2 aromatic carbocycles. The first-order chi connectivity index (χ1) is 14.1. The molecule has 5 nitrogen and oxygen atoms in total. The van der Waals surface area contributed by atoms with E-state index < -0.39 is 0 Å². The molecule has 0 radical (unpaired) electrons. The molecule has 7 heteroatoms. The monoisotopic (exact) mass is 425 g/mol. The first kappa shape index (κ1) is 19.5. The summed E-state index contributed by atoms with van der Waals surface area (Å²) < 4.78 is 5.39. The Balaban J connectivity index is 1.34. The summed E-state index contributed by atoms with van der Waals surface area (Å²) in [5.41, 5.74) is 3.87. The average molecular weight is 426 g/mol. The van der Waals surface area contributed by atoms with Gasteiger partial charge in [-0.3, -0.25) is 4.79 Å². The normalized spacial score (nSPS) is 11.0. The van der Waals surface area contributed by atoms with Gasteiger partial charge in [-0.2, -0.15) is 0 Å². The molecule has 4 aromatic rings. The molecular formula is C22H20ClN3O2S. The molecule has 4 rings (SSSR count). The Morgan fingerprint density at radius 1 is 1.28 bits per heavy atom. The second-order valence-electron chi connectivity index (χ2n) is 6.62. The van der Waals surface area contributed by atoms with Crippen LogP contribution in [0.25, 0.3) is 21.5 Å². The lowest BCUT2D eigenvalue weighted by Gasteiger charge is -2.05. The van der Waals surface area contributed by atoms with E-state index in [0.717, 1.165) is 44.9 Å². The highest BCUT2D eigenvalue weighted by atomic mass is 35.5. The molecule has 0 fully saturated rings. The minimum atomic E-state index is -0.0419. The quantitative estimate of drug-likeness (QED) is 0.444. The predicted molar refractivity (Wildman–Crippen MR) is 118 cm³/mol. The van der Waals surface area contributed by atoms with Crippen molar-refractivity contribution in [2.75, 3.05) is 13.7 Å². The summed E-state index contributed by atoms with van der Waals surface area (Å²) in [6, 6.07) is 13.5. The van der Waals surface area contributed by atoms with Crippen LogP contribution in [0.15, 0.2) is 54.0 Å². The molecule has 2 aromatic heterocycles. The highest BCUT2D eigenvalue weighted by Crippen LogP contribution is 2.32. The number of aromatic amines is 1. The van der Waals surface area contributed by atoms with Gasteiger partial charge in [-0.1, -0.05) is 23.7 Å². The number of carbonyl (C=O) groups excluding carboxylic acids is 1. The zero-order chi connectivity index (χ0) is 20.2. The number of para-hydroxylation sites is 1. The fourth-order valence-electron chi connectivity index (χ4n) is 3.25. The van der Waals surface area contributed by atoms with E-state index >= 15 is 0 Å². The summed E-state index contributed by atoms with van der Waals surface area (Å²) in [4.78, 5) is 20.2. The van der Waals surface area contributed by atoms with Gasteiger partial charge < -0.3 is 15.0 Å². The van der Waals surface area contributed by atoms with Crippen molar-refractivity contribution in [1.82, 2.24) is 15.3 Å². The highest BCUT2D eigenvalue weighted by molar-refractivity contribution is 7.13. The Bertz CT molecular complexity index is 1150.